The second-order valence-corrected chi connectivity index (χ2v) is 5.79. The number of aryl methyl sites for hydroxylation is 2. The number of hydrogen-bond donors (Lipinski definition) is 1. The molecule has 1 aromatic heterocycles. The van der Waals surface area contributed by atoms with Gasteiger partial charge in [0.05, 0.1) is 13.5 Å². The Balaban J connectivity index is 1.67. The van der Waals surface area contributed by atoms with E-state index < -0.39 is 0 Å². The van der Waals surface area contributed by atoms with Gasteiger partial charge in [-0.15, -0.1) is 5.10 Å². The van der Waals surface area contributed by atoms with E-state index >= 15 is 0 Å². The largest absolute Gasteiger partial charge is 0.497 e. The minimum Gasteiger partial charge on any atom is -0.497 e. The number of benzene rings is 2. The normalized spacial score (nSPS) is 10.5. The summed E-state index contributed by atoms with van der Waals surface area (Å²) in [7, 11) is 1.57. The van der Waals surface area contributed by atoms with E-state index in [0.29, 0.717) is 23.6 Å². The number of rotatable bonds is 5. The van der Waals surface area contributed by atoms with Gasteiger partial charge in [0.1, 0.15) is 5.75 Å². The molecule has 1 amide bonds. The SMILES string of the molecule is COc1ccc(C(=O)Nc2nnc(Cc3ccc(C)cc3C)o2)cc1. The summed E-state index contributed by atoms with van der Waals surface area (Å²) in [5.41, 5.74) is 3.97. The molecule has 0 atom stereocenters. The number of amides is 1. The van der Waals surface area contributed by atoms with Crippen LogP contribution in [0.25, 0.3) is 0 Å². The summed E-state index contributed by atoms with van der Waals surface area (Å²) in [4.78, 5) is 12.2. The summed E-state index contributed by atoms with van der Waals surface area (Å²) in [5.74, 6) is 0.825. The highest BCUT2D eigenvalue weighted by atomic mass is 16.5. The van der Waals surface area contributed by atoms with E-state index in [9.17, 15) is 4.79 Å². The van der Waals surface area contributed by atoms with E-state index in [1.807, 2.05) is 19.1 Å². The predicted molar refractivity (Wildman–Crippen MR) is 94.0 cm³/mol. The second-order valence-electron chi connectivity index (χ2n) is 5.79. The molecule has 0 fully saturated rings. The van der Waals surface area contributed by atoms with Crippen LogP contribution >= 0.6 is 0 Å². The van der Waals surface area contributed by atoms with Crippen LogP contribution in [0.4, 0.5) is 6.01 Å². The van der Waals surface area contributed by atoms with Crippen molar-refractivity contribution in [3.63, 3.8) is 0 Å². The molecule has 3 aromatic rings. The average molecular weight is 337 g/mol. The van der Waals surface area contributed by atoms with Gasteiger partial charge in [-0.1, -0.05) is 28.9 Å². The van der Waals surface area contributed by atoms with Crippen molar-refractivity contribution in [2.75, 3.05) is 12.4 Å². The smallest absolute Gasteiger partial charge is 0.322 e. The highest BCUT2D eigenvalue weighted by Crippen LogP contribution is 2.17. The number of nitrogens with one attached hydrogen (secondary N) is 1. The summed E-state index contributed by atoms with van der Waals surface area (Å²) in [6, 6.07) is 13.1. The standard InChI is InChI=1S/C19H19N3O3/c1-12-4-5-15(13(2)10-12)11-17-21-22-19(25-17)20-18(23)14-6-8-16(24-3)9-7-14/h4-10H,11H2,1-3H3,(H,20,22,23). The zero-order valence-electron chi connectivity index (χ0n) is 14.4. The summed E-state index contributed by atoms with van der Waals surface area (Å²) in [6.45, 7) is 4.10. The lowest BCUT2D eigenvalue weighted by molar-refractivity contribution is 0.102. The van der Waals surface area contributed by atoms with Crippen LogP contribution < -0.4 is 10.1 Å². The van der Waals surface area contributed by atoms with Crippen LogP contribution in [0.2, 0.25) is 0 Å². The third-order valence-corrected chi connectivity index (χ3v) is 3.88. The van der Waals surface area contributed by atoms with Crippen LogP contribution in [0.3, 0.4) is 0 Å². The van der Waals surface area contributed by atoms with E-state index in [1.54, 1.807) is 31.4 Å². The summed E-state index contributed by atoms with van der Waals surface area (Å²) < 4.78 is 10.6. The number of methoxy groups -OCH3 is 1. The van der Waals surface area contributed by atoms with Gasteiger partial charge in [-0.25, -0.2) is 0 Å². The quantitative estimate of drug-likeness (QED) is 0.770. The third kappa shape index (κ3) is 4.03. The minimum atomic E-state index is -0.315. The third-order valence-electron chi connectivity index (χ3n) is 3.88. The highest BCUT2D eigenvalue weighted by Gasteiger charge is 2.13. The monoisotopic (exact) mass is 337 g/mol. The fourth-order valence-electron chi connectivity index (χ4n) is 2.49. The number of hydrogen-bond acceptors (Lipinski definition) is 5. The van der Waals surface area contributed by atoms with Crippen molar-refractivity contribution in [2.24, 2.45) is 0 Å². The van der Waals surface area contributed by atoms with E-state index in [4.69, 9.17) is 9.15 Å². The lowest BCUT2D eigenvalue weighted by Gasteiger charge is -2.04. The Morgan fingerprint density at radius 2 is 1.88 bits per heavy atom. The van der Waals surface area contributed by atoms with Gasteiger partial charge >= 0.3 is 6.01 Å². The Kier molecular flexibility index (Phi) is 4.79. The molecule has 0 aliphatic carbocycles. The first-order valence-electron chi connectivity index (χ1n) is 7.89. The number of carbonyl (C=O) groups is 1. The second kappa shape index (κ2) is 7.17. The summed E-state index contributed by atoms with van der Waals surface area (Å²) in [5, 5.41) is 10.5. The van der Waals surface area contributed by atoms with E-state index in [2.05, 4.69) is 28.5 Å². The zero-order valence-corrected chi connectivity index (χ0v) is 14.4. The van der Waals surface area contributed by atoms with Gasteiger partial charge in [0, 0.05) is 5.56 Å². The first-order valence-corrected chi connectivity index (χ1v) is 7.89. The number of nitrogens with zero attached hydrogens (tertiary/aromatic N) is 2. The van der Waals surface area contributed by atoms with Crippen molar-refractivity contribution >= 4 is 11.9 Å². The van der Waals surface area contributed by atoms with Crippen LogP contribution in [0.15, 0.2) is 46.9 Å². The lowest BCUT2D eigenvalue weighted by Crippen LogP contribution is -2.11. The number of ether oxygens (including phenoxy) is 1. The molecule has 1 heterocycles. The first kappa shape index (κ1) is 16.7. The van der Waals surface area contributed by atoms with Crippen LogP contribution in [0, 0.1) is 13.8 Å². The van der Waals surface area contributed by atoms with Gasteiger partial charge in [0.15, 0.2) is 0 Å². The lowest BCUT2D eigenvalue weighted by atomic mass is 10.0. The molecular formula is C19H19N3O3. The Bertz CT molecular complexity index is 885. The van der Waals surface area contributed by atoms with Gasteiger partial charge in [-0.2, -0.15) is 0 Å². The van der Waals surface area contributed by atoms with Crippen LogP contribution in [0.5, 0.6) is 5.75 Å². The van der Waals surface area contributed by atoms with Crippen molar-refractivity contribution in [1.29, 1.82) is 0 Å². The molecule has 6 nitrogen and oxygen atoms in total. The molecule has 0 aliphatic heterocycles. The van der Waals surface area contributed by atoms with Gasteiger partial charge in [-0.3, -0.25) is 10.1 Å². The fourth-order valence-corrected chi connectivity index (χ4v) is 2.49. The molecule has 3 rings (SSSR count). The van der Waals surface area contributed by atoms with E-state index in [0.717, 1.165) is 5.56 Å². The van der Waals surface area contributed by atoms with Gasteiger partial charge < -0.3 is 9.15 Å². The Morgan fingerprint density at radius 3 is 2.56 bits per heavy atom. The summed E-state index contributed by atoms with van der Waals surface area (Å²) >= 11 is 0. The summed E-state index contributed by atoms with van der Waals surface area (Å²) in [6.07, 6.45) is 0.525. The molecular weight excluding hydrogens is 318 g/mol. The molecule has 0 spiro atoms. The maximum atomic E-state index is 12.2. The molecule has 0 saturated heterocycles. The topological polar surface area (TPSA) is 77.2 Å². The Hall–Kier alpha value is -3.15. The number of carbonyl (C=O) groups excluding carboxylic acids is 1. The molecule has 0 aliphatic rings. The molecule has 1 N–H and O–H groups in total. The van der Waals surface area contributed by atoms with Crippen LogP contribution in [0.1, 0.15) is 32.9 Å². The van der Waals surface area contributed by atoms with Crippen LogP contribution in [-0.4, -0.2) is 23.2 Å². The molecule has 128 valence electrons. The van der Waals surface area contributed by atoms with Crippen molar-refractivity contribution in [3.05, 3.63) is 70.6 Å². The molecule has 0 unspecified atom stereocenters. The molecule has 2 aromatic carbocycles. The highest BCUT2D eigenvalue weighted by molar-refractivity contribution is 6.03. The number of aromatic nitrogens is 2. The Morgan fingerprint density at radius 1 is 1.12 bits per heavy atom. The van der Waals surface area contributed by atoms with Crippen molar-refractivity contribution in [1.82, 2.24) is 10.2 Å². The van der Waals surface area contributed by atoms with Crippen molar-refractivity contribution < 1.29 is 13.9 Å². The Labute approximate surface area is 145 Å². The van der Waals surface area contributed by atoms with Crippen molar-refractivity contribution in [3.8, 4) is 5.75 Å². The molecule has 0 bridgehead atoms. The predicted octanol–water partition coefficient (Wildman–Crippen LogP) is 3.54. The minimum absolute atomic E-state index is 0.0839. The number of anilines is 1. The van der Waals surface area contributed by atoms with Crippen LogP contribution in [-0.2, 0) is 6.42 Å². The average Bonchev–Trinajstić information content (AvgIpc) is 3.04. The maximum absolute atomic E-state index is 12.2. The molecule has 6 heteroatoms. The molecule has 0 saturated carbocycles. The zero-order chi connectivity index (χ0) is 17.8. The molecule has 0 radical (unpaired) electrons. The maximum Gasteiger partial charge on any atom is 0.322 e. The van der Waals surface area contributed by atoms with E-state index in [1.165, 1.54) is 11.1 Å². The fraction of sp³-hybridized carbons (Fsp3) is 0.211. The molecule has 25 heavy (non-hydrogen) atoms. The van der Waals surface area contributed by atoms with Gasteiger partial charge in [0.25, 0.3) is 5.91 Å². The first-order chi connectivity index (χ1) is 12.0. The van der Waals surface area contributed by atoms with Gasteiger partial charge in [-0.05, 0) is 49.2 Å². The van der Waals surface area contributed by atoms with E-state index in [-0.39, 0.29) is 11.9 Å². The van der Waals surface area contributed by atoms with Gasteiger partial charge in [0.2, 0.25) is 5.89 Å². The van der Waals surface area contributed by atoms with Crippen molar-refractivity contribution in [2.45, 2.75) is 20.3 Å².